The molecule has 0 aliphatic carbocycles. The Balaban J connectivity index is 1.99. The number of fused-ring (bicyclic) bond motifs is 1. The lowest BCUT2D eigenvalue weighted by molar-refractivity contribution is 0.174. The summed E-state index contributed by atoms with van der Waals surface area (Å²) in [5.74, 6) is 3.11. The van der Waals surface area contributed by atoms with Gasteiger partial charge in [0, 0.05) is 23.9 Å². The van der Waals surface area contributed by atoms with Crippen LogP contribution in [0, 0.1) is 0 Å². The van der Waals surface area contributed by atoms with Gasteiger partial charge in [-0.15, -0.1) is 0 Å². The van der Waals surface area contributed by atoms with Gasteiger partial charge in [0.2, 0.25) is 6.79 Å². The topological polar surface area (TPSA) is 56.3 Å². The SMILES string of the molecule is CCCc1cc(NCC)nc(-c2ccc3c(c2)OCO3)n1. The number of nitrogens with one attached hydrogen (secondary N) is 1. The van der Waals surface area contributed by atoms with Crippen molar-refractivity contribution in [1.82, 2.24) is 9.97 Å². The molecule has 0 unspecified atom stereocenters. The number of aryl methyl sites for hydroxylation is 1. The van der Waals surface area contributed by atoms with Crippen molar-refractivity contribution >= 4 is 5.82 Å². The average molecular weight is 285 g/mol. The Morgan fingerprint density at radius 3 is 2.76 bits per heavy atom. The number of benzene rings is 1. The molecule has 1 aromatic carbocycles. The van der Waals surface area contributed by atoms with Gasteiger partial charge in [0.1, 0.15) is 5.82 Å². The van der Waals surface area contributed by atoms with E-state index >= 15 is 0 Å². The van der Waals surface area contributed by atoms with E-state index in [0.29, 0.717) is 0 Å². The molecule has 5 nitrogen and oxygen atoms in total. The van der Waals surface area contributed by atoms with Crippen LogP contribution in [0.2, 0.25) is 0 Å². The van der Waals surface area contributed by atoms with E-state index in [1.54, 1.807) is 0 Å². The van der Waals surface area contributed by atoms with Crippen LogP contribution in [-0.4, -0.2) is 23.3 Å². The van der Waals surface area contributed by atoms with Gasteiger partial charge in [-0.1, -0.05) is 13.3 Å². The van der Waals surface area contributed by atoms with Gasteiger partial charge < -0.3 is 14.8 Å². The molecule has 0 saturated carbocycles. The van der Waals surface area contributed by atoms with Gasteiger partial charge in [0.25, 0.3) is 0 Å². The second-order valence-electron chi connectivity index (χ2n) is 4.92. The Morgan fingerprint density at radius 2 is 1.95 bits per heavy atom. The molecule has 0 atom stereocenters. The summed E-state index contributed by atoms with van der Waals surface area (Å²) < 4.78 is 10.8. The van der Waals surface area contributed by atoms with E-state index < -0.39 is 0 Å². The van der Waals surface area contributed by atoms with E-state index in [2.05, 4.69) is 29.1 Å². The molecule has 1 aliphatic heterocycles. The van der Waals surface area contributed by atoms with Gasteiger partial charge in [-0.05, 0) is 31.5 Å². The minimum absolute atomic E-state index is 0.276. The maximum Gasteiger partial charge on any atom is 0.231 e. The van der Waals surface area contributed by atoms with E-state index in [9.17, 15) is 0 Å². The summed E-state index contributed by atoms with van der Waals surface area (Å²) in [4.78, 5) is 9.24. The highest BCUT2D eigenvalue weighted by Crippen LogP contribution is 2.35. The van der Waals surface area contributed by atoms with E-state index in [4.69, 9.17) is 9.47 Å². The Morgan fingerprint density at radius 1 is 1.10 bits per heavy atom. The molecule has 2 heterocycles. The summed E-state index contributed by atoms with van der Waals surface area (Å²) in [6.45, 7) is 5.32. The van der Waals surface area contributed by atoms with Crippen molar-refractivity contribution in [3.63, 3.8) is 0 Å². The van der Waals surface area contributed by atoms with Crippen molar-refractivity contribution in [2.75, 3.05) is 18.7 Å². The van der Waals surface area contributed by atoms with Gasteiger partial charge >= 0.3 is 0 Å². The molecule has 0 radical (unpaired) electrons. The lowest BCUT2D eigenvalue weighted by Crippen LogP contribution is -2.04. The zero-order valence-electron chi connectivity index (χ0n) is 12.3. The second kappa shape index (κ2) is 5.99. The van der Waals surface area contributed by atoms with Crippen LogP contribution in [0.3, 0.4) is 0 Å². The molecule has 3 rings (SSSR count). The van der Waals surface area contributed by atoms with Crippen LogP contribution in [0.5, 0.6) is 11.5 Å². The summed E-state index contributed by atoms with van der Waals surface area (Å²) in [7, 11) is 0. The van der Waals surface area contributed by atoms with Crippen molar-refractivity contribution in [1.29, 1.82) is 0 Å². The predicted octanol–water partition coefficient (Wildman–Crippen LogP) is 3.26. The third-order valence-corrected chi connectivity index (χ3v) is 3.27. The van der Waals surface area contributed by atoms with Gasteiger partial charge in [0.15, 0.2) is 17.3 Å². The molecule has 0 saturated heterocycles. The zero-order chi connectivity index (χ0) is 14.7. The summed E-state index contributed by atoms with van der Waals surface area (Å²) in [5.41, 5.74) is 1.99. The maximum absolute atomic E-state index is 5.42. The van der Waals surface area contributed by atoms with Gasteiger partial charge in [0.05, 0.1) is 0 Å². The minimum Gasteiger partial charge on any atom is -0.454 e. The normalized spacial score (nSPS) is 12.5. The fourth-order valence-corrected chi connectivity index (χ4v) is 2.32. The molecule has 0 fully saturated rings. The minimum atomic E-state index is 0.276. The standard InChI is InChI=1S/C16H19N3O2/c1-3-5-12-9-15(17-4-2)19-16(18-12)11-6-7-13-14(8-11)21-10-20-13/h6-9H,3-5,10H2,1-2H3,(H,17,18,19). The molecular weight excluding hydrogens is 266 g/mol. The Kier molecular flexibility index (Phi) is 3.90. The number of aromatic nitrogens is 2. The number of rotatable bonds is 5. The van der Waals surface area contributed by atoms with Crippen LogP contribution in [0.15, 0.2) is 24.3 Å². The first-order valence-electron chi connectivity index (χ1n) is 7.32. The maximum atomic E-state index is 5.42. The Bertz CT molecular complexity index is 619. The third-order valence-electron chi connectivity index (χ3n) is 3.27. The average Bonchev–Trinajstić information content (AvgIpc) is 2.95. The summed E-state index contributed by atoms with van der Waals surface area (Å²) in [5, 5.41) is 3.26. The highest BCUT2D eigenvalue weighted by atomic mass is 16.7. The molecule has 110 valence electrons. The quantitative estimate of drug-likeness (QED) is 0.913. The number of anilines is 1. The second-order valence-corrected chi connectivity index (χ2v) is 4.92. The fraction of sp³-hybridized carbons (Fsp3) is 0.375. The van der Waals surface area contributed by atoms with Crippen LogP contribution < -0.4 is 14.8 Å². The summed E-state index contributed by atoms with van der Waals surface area (Å²) >= 11 is 0. The zero-order valence-corrected chi connectivity index (χ0v) is 12.3. The van der Waals surface area contributed by atoms with Crippen LogP contribution in [0.4, 0.5) is 5.82 Å². The summed E-state index contributed by atoms with van der Waals surface area (Å²) in [6.07, 6.45) is 2.00. The van der Waals surface area contributed by atoms with Crippen molar-refractivity contribution in [2.24, 2.45) is 0 Å². The van der Waals surface area contributed by atoms with E-state index in [1.165, 1.54) is 0 Å². The van der Waals surface area contributed by atoms with E-state index in [0.717, 1.165) is 53.8 Å². The molecule has 1 aromatic heterocycles. The van der Waals surface area contributed by atoms with Crippen molar-refractivity contribution in [2.45, 2.75) is 26.7 Å². The molecular formula is C16H19N3O2. The monoisotopic (exact) mass is 285 g/mol. The fourth-order valence-electron chi connectivity index (χ4n) is 2.32. The number of nitrogens with zero attached hydrogens (tertiary/aromatic N) is 2. The first kappa shape index (κ1) is 13.7. The van der Waals surface area contributed by atoms with Gasteiger partial charge in [-0.25, -0.2) is 9.97 Å². The molecule has 2 aromatic rings. The van der Waals surface area contributed by atoms with Crippen molar-refractivity contribution in [3.8, 4) is 22.9 Å². The molecule has 0 spiro atoms. The van der Waals surface area contributed by atoms with Crippen molar-refractivity contribution < 1.29 is 9.47 Å². The first-order valence-corrected chi connectivity index (χ1v) is 7.32. The largest absolute Gasteiger partial charge is 0.454 e. The van der Waals surface area contributed by atoms with Gasteiger partial charge in [-0.3, -0.25) is 0 Å². The molecule has 21 heavy (non-hydrogen) atoms. The number of hydrogen-bond donors (Lipinski definition) is 1. The van der Waals surface area contributed by atoms with Crippen LogP contribution in [-0.2, 0) is 6.42 Å². The van der Waals surface area contributed by atoms with E-state index in [-0.39, 0.29) is 6.79 Å². The molecule has 1 aliphatic rings. The smallest absolute Gasteiger partial charge is 0.231 e. The first-order chi connectivity index (χ1) is 10.3. The molecule has 0 amide bonds. The number of hydrogen-bond acceptors (Lipinski definition) is 5. The van der Waals surface area contributed by atoms with Crippen LogP contribution in [0.25, 0.3) is 11.4 Å². The molecule has 1 N–H and O–H groups in total. The predicted molar refractivity (Wildman–Crippen MR) is 81.7 cm³/mol. The highest BCUT2D eigenvalue weighted by molar-refractivity contribution is 5.63. The molecule has 0 bridgehead atoms. The van der Waals surface area contributed by atoms with Crippen LogP contribution in [0.1, 0.15) is 26.0 Å². The van der Waals surface area contributed by atoms with Gasteiger partial charge in [-0.2, -0.15) is 0 Å². The lowest BCUT2D eigenvalue weighted by Gasteiger charge is -2.09. The molecule has 5 heteroatoms. The highest BCUT2D eigenvalue weighted by Gasteiger charge is 2.15. The third kappa shape index (κ3) is 2.91. The lowest BCUT2D eigenvalue weighted by atomic mass is 10.1. The Labute approximate surface area is 124 Å². The number of ether oxygens (including phenoxy) is 2. The Hall–Kier alpha value is -2.30. The van der Waals surface area contributed by atoms with Crippen LogP contribution >= 0.6 is 0 Å². The van der Waals surface area contributed by atoms with E-state index in [1.807, 2.05) is 24.3 Å². The van der Waals surface area contributed by atoms with Crippen molar-refractivity contribution in [3.05, 3.63) is 30.0 Å². The summed E-state index contributed by atoms with van der Waals surface area (Å²) in [6, 6.07) is 7.82.